The smallest absolute Gasteiger partial charge is 0.314 e. The van der Waals surface area contributed by atoms with E-state index in [4.69, 9.17) is 0 Å². The van der Waals surface area contributed by atoms with Gasteiger partial charge in [0.15, 0.2) is 0 Å². The van der Waals surface area contributed by atoms with Crippen molar-refractivity contribution in [3.63, 3.8) is 0 Å². The zero-order valence-corrected chi connectivity index (χ0v) is 10.4. The molecule has 1 atom stereocenters. The van der Waals surface area contributed by atoms with E-state index < -0.39 is 6.10 Å². The lowest BCUT2D eigenvalue weighted by Crippen LogP contribution is -2.44. The number of carbonyl (C=O) groups is 1. The number of carbonyl (C=O) groups excluding carboxylic acids is 1. The second kappa shape index (κ2) is 5.95. The van der Waals surface area contributed by atoms with Crippen molar-refractivity contribution in [2.75, 3.05) is 13.1 Å². The van der Waals surface area contributed by atoms with Crippen LogP contribution in [0.25, 0.3) is 0 Å². The summed E-state index contributed by atoms with van der Waals surface area (Å²) in [6, 6.07) is -0.216. The first-order valence-electron chi connectivity index (χ1n) is 5.43. The molecular weight excluding hydrogens is 192 g/mol. The standard InChI is InChI=1S/C11H24N2O2/c1-8(2)6-12-10(15)13-7-9(14)11(3,4)5/h8-9,14H,6-7H2,1-5H3,(H2,12,13,15). The molecule has 2 amide bonds. The molecule has 0 spiro atoms. The van der Waals surface area contributed by atoms with Crippen molar-refractivity contribution in [2.24, 2.45) is 11.3 Å². The number of nitrogens with one attached hydrogen (secondary N) is 2. The normalized spacial score (nSPS) is 13.8. The quantitative estimate of drug-likeness (QED) is 0.664. The maximum atomic E-state index is 11.2. The molecule has 0 saturated heterocycles. The number of aliphatic hydroxyl groups excluding tert-OH is 1. The molecule has 4 heteroatoms. The van der Waals surface area contributed by atoms with Gasteiger partial charge in [-0.1, -0.05) is 34.6 Å². The Balaban J connectivity index is 3.72. The molecule has 0 aliphatic rings. The van der Waals surface area contributed by atoms with Gasteiger partial charge in [-0.3, -0.25) is 0 Å². The Labute approximate surface area is 92.4 Å². The highest BCUT2D eigenvalue weighted by Gasteiger charge is 2.22. The van der Waals surface area contributed by atoms with Crippen LogP contribution in [0, 0.1) is 11.3 Å². The summed E-state index contributed by atoms with van der Waals surface area (Å²) >= 11 is 0. The van der Waals surface area contributed by atoms with E-state index in [2.05, 4.69) is 10.6 Å². The molecule has 15 heavy (non-hydrogen) atoms. The predicted molar refractivity (Wildman–Crippen MR) is 61.7 cm³/mol. The Bertz CT molecular complexity index is 197. The number of hydrogen-bond acceptors (Lipinski definition) is 2. The van der Waals surface area contributed by atoms with E-state index in [9.17, 15) is 9.90 Å². The van der Waals surface area contributed by atoms with Crippen molar-refractivity contribution >= 4 is 6.03 Å². The van der Waals surface area contributed by atoms with Gasteiger partial charge in [0.25, 0.3) is 0 Å². The monoisotopic (exact) mass is 216 g/mol. The summed E-state index contributed by atoms with van der Waals surface area (Å²) in [4.78, 5) is 11.2. The van der Waals surface area contributed by atoms with Crippen LogP contribution in [-0.4, -0.2) is 30.3 Å². The summed E-state index contributed by atoms with van der Waals surface area (Å²) in [5, 5.41) is 15.0. The summed E-state index contributed by atoms with van der Waals surface area (Å²) in [7, 11) is 0. The minimum Gasteiger partial charge on any atom is -0.391 e. The molecule has 0 bridgehead atoms. The Morgan fingerprint density at radius 2 is 1.67 bits per heavy atom. The Morgan fingerprint density at radius 3 is 2.07 bits per heavy atom. The number of urea groups is 1. The summed E-state index contributed by atoms with van der Waals surface area (Å²) in [5.74, 6) is 0.434. The highest BCUT2D eigenvalue weighted by atomic mass is 16.3. The molecule has 0 fully saturated rings. The maximum Gasteiger partial charge on any atom is 0.314 e. The minimum atomic E-state index is -0.526. The molecular formula is C11H24N2O2. The average Bonchev–Trinajstić information content (AvgIpc) is 2.09. The highest BCUT2D eigenvalue weighted by Crippen LogP contribution is 2.17. The summed E-state index contributed by atoms with van der Waals surface area (Å²) in [6.45, 7) is 10.8. The van der Waals surface area contributed by atoms with Crippen molar-refractivity contribution in [2.45, 2.75) is 40.7 Å². The SMILES string of the molecule is CC(C)CNC(=O)NCC(O)C(C)(C)C. The van der Waals surface area contributed by atoms with Gasteiger partial charge in [0.1, 0.15) is 0 Å². The van der Waals surface area contributed by atoms with E-state index in [-0.39, 0.29) is 18.0 Å². The molecule has 0 heterocycles. The van der Waals surface area contributed by atoms with Crippen molar-refractivity contribution in [3.8, 4) is 0 Å². The number of rotatable bonds is 4. The number of hydrogen-bond donors (Lipinski definition) is 3. The number of aliphatic hydroxyl groups is 1. The third kappa shape index (κ3) is 7.19. The largest absolute Gasteiger partial charge is 0.391 e. The second-order valence-electron chi connectivity index (χ2n) is 5.37. The second-order valence-corrected chi connectivity index (χ2v) is 5.37. The van der Waals surface area contributed by atoms with Gasteiger partial charge >= 0.3 is 6.03 Å². The fourth-order valence-electron chi connectivity index (χ4n) is 0.855. The van der Waals surface area contributed by atoms with Gasteiger partial charge in [0.05, 0.1) is 6.10 Å². The van der Waals surface area contributed by atoms with Crippen LogP contribution in [0.15, 0.2) is 0 Å². The summed E-state index contributed by atoms with van der Waals surface area (Å²) in [6.07, 6.45) is -0.526. The first-order chi connectivity index (χ1) is 6.73. The Hall–Kier alpha value is -0.770. The van der Waals surface area contributed by atoms with Gasteiger partial charge in [-0.15, -0.1) is 0 Å². The van der Waals surface area contributed by atoms with Gasteiger partial charge in [-0.2, -0.15) is 0 Å². The van der Waals surface area contributed by atoms with Crippen LogP contribution < -0.4 is 10.6 Å². The Kier molecular flexibility index (Phi) is 5.65. The molecule has 0 radical (unpaired) electrons. The Morgan fingerprint density at radius 1 is 1.20 bits per heavy atom. The molecule has 0 aromatic heterocycles. The first kappa shape index (κ1) is 14.2. The van der Waals surface area contributed by atoms with E-state index in [0.717, 1.165) is 0 Å². The van der Waals surface area contributed by atoms with Crippen molar-refractivity contribution < 1.29 is 9.90 Å². The van der Waals surface area contributed by atoms with Gasteiger partial charge < -0.3 is 15.7 Å². The van der Waals surface area contributed by atoms with E-state index in [0.29, 0.717) is 12.5 Å². The van der Waals surface area contributed by atoms with Crippen molar-refractivity contribution in [1.82, 2.24) is 10.6 Å². The van der Waals surface area contributed by atoms with Gasteiger partial charge in [-0.05, 0) is 11.3 Å². The molecule has 0 aliphatic heterocycles. The molecule has 0 rings (SSSR count). The fraction of sp³-hybridized carbons (Fsp3) is 0.909. The van der Waals surface area contributed by atoms with E-state index >= 15 is 0 Å². The summed E-state index contributed by atoms with van der Waals surface area (Å²) < 4.78 is 0. The van der Waals surface area contributed by atoms with Gasteiger partial charge in [-0.25, -0.2) is 4.79 Å². The van der Waals surface area contributed by atoms with Crippen molar-refractivity contribution in [3.05, 3.63) is 0 Å². The molecule has 0 aliphatic carbocycles. The lowest BCUT2D eigenvalue weighted by Gasteiger charge is -2.25. The molecule has 1 unspecified atom stereocenters. The van der Waals surface area contributed by atoms with Crippen molar-refractivity contribution in [1.29, 1.82) is 0 Å². The number of amides is 2. The topological polar surface area (TPSA) is 61.4 Å². The molecule has 0 aromatic rings. The van der Waals surface area contributed by atoms with Crippen LogP contribution in [0.1, 0.15) is 34.6 Å². The van der Waals surface area contributed by atoms with Crippen LogP contribution in [0.3, 0.4) is 0 Å². The average molecular weight is 216 g/mol. The highest BCUT2D eigenvalue weighted by molar-refractivity contribution is 5.73. The molecule has 4 nitrogen and oxygen atoms in total. The van der Waals surface area contributed by atoms with Crippen LogP contribution in [-0.2, 0) is 0 Å². The third-order valence-electron chi connectivity index (χ3n) is 2.13. The zero-order chi connectivity index (χ0) is 12.1. The first-order valence-corrected chi connectivity index (χ1v) is 5.43. The lowest BCUT2D eigenvalue weighted by atomic mass is 9.89. The molecule has 0 aromatic carbocycles. The zero-order valence-electron chi connectivity index (χ0n) is 10.4. The van der Waals surface area contributed by atoms with Crippen LogP contribution >= 0.6 is 0 Å². The molecule has 0 saturated carbocycles. The lowest BCUT2D eigenvalue weighted by molar-refractivity contribution is 0.0650. The van der Waals surface area contributed by atoms with E-state index in [1.165, 1.54) is 0 Å². The fourth-order valence-corrected chi connectivity index (χ4v) is 0.855. The molecule has 90 valence electrons. The van der Waals surface area contributed by atoms with Crippen LogP contribution in [0.5, 0.6) is 0 Å². The predicted octanol–water partition coefficient (Wildman–Crippen LogP) is 1.35. The van der Waals surface area contributed by atoms with E-state index in [1.54, 1.807) is 0 Å². The maximum absolute atomic E-state index is 11.2. The van der Waals surface area contributed by atoms with Crippen LogP contribution in [0.4, 0.5) is 4.79 Å². The van der Waals surface area contributed by atoms with E-state index in [1.807, 2.05) is 34.6 Å². The van der Waals surface area contributed by atoms with Gasteiger partial charge in [0, 0.05) is 13.1 Å². The minimum absolute atomic E-state index is 0.203. The van der Waals surface area contributed by atoms with Crippen LogP contribution in [0.2, 0.25) is 0 Å². The third-order valence-corrected chi connectivity index (χ3v) is 2.13. The molecule has 3 N–H and O–H groups in total. The summed E-state index contributed by atoms with van der Waals surface area (Å²) in [5.41, 5.74) is -0.203. The van der Waals surface area contributed by atoms with Gasteiger partial charge in [0.2, 0.25) is 0 Å².